The third-order valence-electron chi connectivity index (χ3n) is 3.18. The van der Waals surface area contributed by atoms with E-state index in [1.54, 1.807) is 7.05 Å². The van der Waals surface area contributed by atoms with Crippen molar-refractivity contribution in [2.24, 2.45) is 7.05 Å². The topological polar surface area (TPSA) is 72.7 Å². The number of hydrogen-bond acceptors (Lipinski definition) is 4. The molecule has 0 atom stereocenters. The summed E-state index contributed by atoms with van der Waals surface area (Å²) in [4.78, 5) is 11.7. The van der Waals surface area contributed by atoms with Gasteiger partial charge in [-0.05, 0) is 42.5 Å². The first-order chi connectivity index (χ1) is 8.75. The maximum Gasteiger partial charge on any atom is 0.227 e. The van der Waals surface area contributed by atoms with Crippen LogP contribution in [0, 0.1) is 0 Å². The largest absolute Gasteiger partial charge is 0.355 e. The minimum Gasteiger partial charge on any atom is -0.355 e. The van der Waals surface area contributed by atoms with Gasteiger partial charge < -0.3 is 5.32 Å². The summed E-state index contributed by atoms with van der Waals surface area (Å²) in [5.74, 6) is 0.564. The van der Waals surface area contributed by atoms with Gasteiger partial charge in [0.25, 0.3) is 0 Å². The van der Waals surface area contributed by atoms with Gasteiger partial charge in [0, 0.05) is 13.6 Å². The number of amides is 1. The zero-order valence-electron chi connectivity index (χ0n) is 10.7. The number of tetrazole rings is 1. The molecule has 0 fully saturated rings. The number of rotatable bonds is 5. The molecule has 0 unspecified atom stereocenters. The van der Waals surface area contributed by atoms with E-state index in [2.05, 4.69) is 26.9 Å². The van der Waals surface area contributed by atoms with Crippen molar-refractivity contribution < 1.29 is 4.79 Å². The van der Waals surface area contributed by atoms with Gasteiger partial charge in [-0.2, -0.15) is 0 Å². The number of nitrogens with one attached hydrogen (secondary N) is 1. The number of nitrogens with zero attached hydrogens (tertiary/aromatic N) is 4. The summed E-state index contributed by atoms with van der Waals surface area (Å²) >= 11 is 0. The molecule has 1 heterocycles. The second kappa shape index (κ2) is 6.28. The summed E-state index contributed by atoms with van der Waals surface area (Å²) in [6.07, 6.45) is 8.46. The lowest BCUT2D eigenvalue weighted by molar-refractivity contribution is -0.120. The van der Waals surface area contributed by atoms with Crippen LogP contribution in [-0.2, 0) is 18.3 Å². The van der Waals surface area contributed by atoms with Crippen LogP contribution in [0.4, 0.5) is 0 Å². The molecule has 0 spiro atoms. The predicted octanol–water partition coefficient (Wildman–Crippen LogP) is 0.759. The number of hydrogen-bond donors (Lipinski definition) is 1. The van der Waals surface area contributed by atoms with Crippen molar-refractivity contribution in [2.45, 2.75) is 38.5 Å². The van der Waals surface area contributed by atoms with Gasteiger partial charge in [-0.15, -0.1) is 5.10 Å². The Morgan fingerprint density at radius 2 is 2.39 bits per heavy atom. The van der Waals surface area contributed by atoms with Gasteiger partial charge in [-0.25, -0.2) is 4.68 Å². The molecule has 1 N–H and O–H groups in total. The lowest BCUT2D eigenvalue weighted by Crippen LogP contribution is -2.27. The van der Waals surface area contributed by atoms with E-state index in [9.17, 15) is 4.79 Å². The Labute approximate surface area is 106 Å². The van der Waals surface area contributed by atoms with Gasteiger partial charge in [0.05, 0.1) is 6.42 Å². The molecule has 6 heteroatoms. The van der Waals surface area contributed by atoms with Crippen molar-refractivity contribution in [3.63, 3.8) is 0 Å². The van der Waals surface area contributed by atoms with E-state index in [0.29, 0.717) is 12.4 Å². The lowest BCUT2D eigenvalue weighted by Gasteiger charge is -2.12. The fourth-order valence-electron chi connectivity index (χ4n) is 2.10. The van der Waals surface area contributed by atoms with Gasteiger partial charge in [-0.1, -0.05) is 11.6 Å². The molecule has 0 radical (unpaired) electrons. The lowest BCUT2D eigenvalue weighted by atomic mass is 9.97. The summed E-state index contributed by atoms with van der Waals surface area (Å²) in [5.41, 5.74) is 1.47. The zero-order valence-corrected chi connectivity index (χ0v) is 10.7. The molecule has 1 aliphatic carbocycles. The molecule has 1 aliphatic rings. The Kier molecular flexibility index (Phi) is 4.44. The molecular formula is C12H19N5O. The first kappa shape index (κ1) is 12.7. The number of carbonyl (C=O) groups is 1. The highest BCUT2D eigenvalue weighted by Gasteiger charge is 2.09. The van der Waals surface area contributed by atoms with Crippen molar-refractivity contribution in [1.82, 2.24) is 25.5 Å². The van der Waals surface area contributed by atoms with E-state index in [4.69, 9.17) is 0 Å². The van der Waals surface area contributed by atoms with Crippen LogP contribution in [0.1, 0.15) is 37.9 Å². The highest BCUT2D eigenvalue weighted by Crippen LogP contribution is 2.19. The molecule has 0 aromatic carbocycles. The molecule has 18 heavy (non-hydrogen) atoms. The molecule has 2 rings (SSSR count). The minimum absolute atomic E-state index is 0.0238. The van der Waals surface area contributed by atoms with Crippen LogP contribution in [0.25, 0.3) is 0 Å². The van der Waals surface area contributed by atoms with Crippen LogP contribution < -0.4 is 5.32 Å². The maximum atomic E-state index is 11.7. The van der Waals surface area contributed by atoms with Gasteiger partial charge >= 0.3 is 0 Å². The van der Waals surface area contributed by atoms with Crippen LogP contribution in [0.2, 0.25) is 0 Å². The average Bonchev–Trinajstić information content (AvgIpc) is 2.76. The Morgan fingerprint density at radius 1 is 1.50 bits per heavy atom. The molecule has 1 aromatic rings. The third-order valence-corrected chi connectivity index (χ3v) is 3.18. The summed E-state index contributed by atoms with van der Waals surface area (Å²) in [6.45, 7) is 0.704. The number of aromatic nitrogens is 4. The Bertz CT molecular complexity index is 437. The van der Waals surface area contributed by atoms with Crippen molar-refractivity contribution in [2.75, 3.05) is 6.54 Å². The van der Waals surface area contributed by atoms with E-state index >= 15 is 0 Å². The van der Waals surface area contributed by atoms with Crippen LogP contribution in [0.5, 0.6) is 0 Å². The molecule has 98 valence electrons. The third kappa shape index (κ3) is 3.65. The zero-order chi connectivity index (χ0) is 12.8. The number of allylic oxidation sites excluding steroid dienone is 1. The monoisotopic (exact) mass is 249 g/mol. The molecule has 0 aliphatic heterocycles. The molecule has 0 saturated heterocycles. The molecule has 0 saturated carbocycles. The van der Waals surface area contributed by atoms with Crippen molar-refractivity contribution in [3.05, 3.63) is 17.5 Å². The predicted molar refractivity (Wildman–Crippen MR) is 66.7 cm³/mol. The van der Waals surface area contributed by atoms with Crippen LogP contribution in [0.3, 0.4) is 0 Å². The Balaban J connectivity index is 1.69. The first-order valence-corrected chi connectivity index (χ1v) is 6.41. The molecule has 0 bridgehead atoms. The summed E-state index contributed by atoms with van der Waals surface area (Å²) in [6, 6.07) is 0. The van der Waals surface area contributed by atoms with Crippen molar-refractivity contribution in [1.29, 1.82) is 0 Å². The van der Waals surface area contributed by atoms with Gasteiger partial charge in [0.15, 0.2) is 5.82 Å². The van der Waals surface area contributed by atoms with Crippen molar-refractivity contribution >= 4 is 5.91 Å². The molecule has 6 nitrogen and oxygen atoms in total. The Hall–Kier alpha value is -1.72. The second-order valence-corrected chi connectivity index (χ2v) is 4.60. The number of aryl methyl sites for hydroxylation is 1. The first-order valence-electron chi connectivity index (χ1n) is 6.41. The SMILES string of the molecule is Cn1nnnc1CC(=O)NCCC1=CCCCC1. The highest BCUT2D eigenvalue weighted by molar-refractivity contribution is 5.77. The average molecular weight is 249 g/mol. The fourth-order valence-corrected chi connectivity index (χ4v) is 2.10. The standard InChI is InChI=1S/C12H19N5O/c1-17-11(14-15-16-17)9-12(18)13-8-7-10-5-3-2-4-6-10/h5H,2-4,6-9H2,1H3,(H,13,18). The molecular weight excluding hydrogens is 230 g/mol. The highest BCUT2D eigenvalue weighted by atomic mass is 16.1. The van der Waals surface area contributed by atoms with E-state index in [-0.39, 0.29) is 12.3 Å². The van der Waals surface area contributed by atoms with E-state index < -0.39 is 0 Å². The Morgan fingerprint density at radius 3 is 3.06 bits per heavy atom. The van der Waals surface area contributed by atoms with Crippen LogP contribution in [-0.4, -0.2) is 32.7 Å². The van der Waals surface area contributed by atoms with Crippen LogP contribution in [0.15, 0.2) is 11.6 Å². The van der Waals surface area contributed by atoms with Gasteiger partial charge in [0.1, 0.15) is 0 Å². The summed E-state index contributed by atoms with van der Waals surface area (Å²) < 4.78 is 1.52. The van der Waals surface area contributed by atoms with Crippen LogP contribution >= 0.6 is 0 Å². The summed E-state index contributed by atoms with van der Waals surface area (Å²) in [7, 11) is 1.73. The van der Waals surface area contributed by atoms with E-state index in [0.717, 1.165) is 6.42 Å². The minimum atomic E-state index is -0.0238. The van der Waals surface area contributed by atoms with Gasteiger partial charge in [0.2, 0.25) is 5.91 Å². The van der Waals surface area contributed by atoms with E-state index in [1.165, 1.54) is 35.9 Å². The molecule has 1 aromatic heterocycles. The second-order valence-electron chi connectivity index (χ2n) is 4.60. The molecule has 1 amide bonds. The smallest absolute Gasteiger partial charge is 0.227 e. The van der Waals surface area contributed by atoms with Crippen molar-refractivity contribution in [3.8, 4) is 0 Å². The van der Waals surface area contributed by atoms with Gasteiger partial charge in [-0.3, -0.25) is 4.79 Å². The normalized spacial score (nSPS) is 15.3. The maximum absolute atomic E-state index is 11.7. The number of carbonyl (C=O) groups excluding carboxylic acids is 1. The summed E-state index contributed by atoms with van der Waals surface area (Å²) in [5, 5.41) is 13.9. The fraction of sp³-hybridized carbons (Fsp3) is 0.667. The van der Waals surface area contributed by atoms with E-state index in [1.807, 2.05) is 0 Å². The quantitative estimate of drug-likeness (QED) is 0.782.